The number of aliphatic hydroxyl groups is 1. The third-order valence-electron chi connectivity index (χ3n) is 2.46. The van der Waals surface area contributed by atoms with Crippen molar-refractivity contribution in [2.24, 2.45) is 0 Å². The van der Waals surface area contributed by atoms with Gasteiger partial charge < -0.3 is 5.11 Å². The second kappa shape index (κ2) is 5.46. The molecule has 0 radical (unpaired) electrons. The summed E-state index contributed by atoms with van der Waals surface area (Å²) in [5, 5.41) is 19.9. The largest absolute Gasteiger partial charge is 0.386 e. The van der Waals surface area contributed by atoms with Gasteiger partial charge in [-0.15, -0.1) is 0 Å². The molecule has 0 unspecified atom stereocenters. The Bertz CT molecular complexity index is 313. The zero-order chi connectivity index (χ0) is 11.3. The molecule has 1 aromatic rings. The van der Waals surface area contributed by atoms with Crippen LogP contribution < -0.4 is 0 Å². The quantitative estimate of drug-likeness (QED) is 0.592. The van der Waals surface area contributed by atoms with Gasteiger partial charge in [0.15, 0.2) is 0 Å². The lowest BCUT2D eigenvalue weighted by Gasteiger charge is -2.11. The number of aliphatic hydroxyl groups excluding tert-OH is 1. The number of aryl methyl sites for hydroxylation is 1. The van der Waals surface area contributed by atoms with Gasteiger partial charge in [0.1, 0.15) is 6.10 Å². The smallest absolute Gasteiger partial charge is 0.235 e. The highest BCUT2D eigenvalue weighted by atomic mass is 16.6. The van der Waals surface area contributed by atoms with Gasteiger partial charge >= 0.3 is 0 Å². The Morgan fingerprint density at radius 1 is 1.40 bits per heavy atom. The van der Waals surface area contributed by atoms with E-state index in [9.17, 15) is 15.2 Å². The molecule has 0 aromatic heterocycles. The molecule has 0 amide bonds. The number of hydrogen-bond acceptors (Lipinski definition) is 3. The Morgan fingerprint density at radius 2 is 2.00 bits per heavy atom. The molecular formula is C11H15NO3. The van der Waals surface area contributed by atoms with E-state index >= 15 is 0 Å². The van der Waals surface area contributed by atoms with Gasteiger partial charge in [-0.2, -0.15) is 0 Å². The Kier molecular flexibility index (Phi) is 4.24. The van der Waals surface area contributed by atoms with Crippen molar-refractivity contribution in [1.29, 1.82) is 0 Å². The van der Waals surface area contributed by atoms with Crippen LogP contribution in [0.5, 0.6) is 0 Å². The normalized spacial score (nSPS) is 14.5. The molecule has 0 bridgehead atoms. The zero-order valence-electron chi connectivity index (χ0n) is 8.67. The molecular weight excluding hydrogens is 194 g/mol. The lowest BCUT2D eigenvalue weighted by molar-refractivity contribution is -0.529. The SMILES string of the molecule is C[C@@H]([C@@H](O)CCc1ccccc1)[N+](=O)[O-]. The molecule has 82 valence electrons. The van der Waals surface area contributed by atoms with Crippen molar-refractivity contribution in [1.82, 2.24) is 0 Å². The maximum absolute atomic E-state index is 10.4. The van der Waals surface area contributed by atoms with E-state index in [1.165, 1.54) is 6.92 Å². The van der Waals surface area contributed by atoms with Gasteiger partial charge in [0.25, 0.3) is 0 Å². The Hall–Kier alpha value is -1.42. The van der Waals surface area contributed by atoms with Crippen molar-refractivity contribution in [3.63, 3.8) is 0 Å². The predicted molar refractivity (Wildman–Crippen MR) is 57.2 cm³/mol. The van der Waals surface area contributed by atoms with Gasteiger partial charge in [0.05, 0.1) is 0 Å². The summed E-state index contributed by atoms with van der Waals surface area (Å²) < 4.78 is 0. The van der Waals surface area contributed by atoms with Gasteiger partial charge in [0.2, 0.25) is 6.04 Å². The van der Waals surface area contributed by atoms with Crippen LogP contribution in [-0.2, 0) is 6.42 Å². The molecule has 2 atom stereocenters. The summed E-state index contributed by atoms with van der Waals surface area (Å²) in [6.45, 7) is 1.43. The molecule has 15 heavy (non-hydrogen) atoms. The third kappa shape index (κ3) is 3.67. The molecule has 0 saturated carbocycles. The summed E-state index contributed by atoms with van der Waals surface area (Å²) in [7, 11) is 0. The molecule has 1 N–H and O–H groups in total. The van der Waals surface area contributed by atoms with Gasteiger partial charge in [-0.05, 0) is 18.4 Å². The summed E-state index contributed by atoms with van der Waals surface area (Å²) in [6, 6.07) is 8.75. The van der Waals surface area contributed by atoms with Crippen molar-refractivity contribution in [3.05, 3.63) is 46.0 Å². The monoisotopic (exact) mass is 209 g/mol. The molecule has 0 aliphatic rings. The van der Waals surface area contributed by atoms with Crippen molar-refractivity contribution >= 4 is 0 Å². The van der Waals surface area contributed by atoms with Gasteiger partial charge in [0, 0.05) is 11.8 Å². The summed E-state index contributed by atoms with van der Waals surface area (Å²) in [5.41, 5.74) is 1.09. The number of hydrogen-bond donors (Lipinski definition) is 1. The Labute approximate surface area is 88.7 Å². The minimum Gasteiger partial charge on any atom is -0.386 e. The van der Waals surface area contributed by atoms with E-state index in [0.717, 1.165) is 5.56 Å². The maximum Gasteiger partial charge on any atom is 0.235 e. The minimum atomic E-state index is -0.895. The first kappa shape index (κ1) is 11.7. The number of nitro groups is 1. The summed E-state index contributed by atoms with van der Waals surface area (Å²) in [6.07, 6.45) is 0.215. The van der Waals surface area contributed by atoms with Crippen molar-refractivity contribution in [3.8, 4) is 0 Å². The van der Waals surface area contributed by atoms with Crippen molar-refractivity contribution < 1.29 is 10.0 Å². The van der Waals surface area contributed by atoms with Gasteiger partial charge in [-0.3, -0.25) is 10.1 Å². The highest BCUT2D eigenvalue weighted by Gasteiger charge is 2.23. The molecule has 0 fully saturated rings. The molecule has 0 spiro atoms. The lowest BCUT2D eigenvalue weighted by atomic mass is 10.0. The highest BCUT2D eigenvalue weighted by molar-refractivity contribution is 5.14. The lowest BCUT2D eigenvalue weighted by Crippen LogP contribution is -2.30. The fourth-order valence-electron chi connectivity index (χ4n) is 1.34. The van der Waals surface area contributed by atoms with Crippen LogP contribution in [0, 0.1) is 10.1 Å². The van der Waals surface area contributed by atoms with Crippen LogP contribution >= 0.6 is 0 Å². The first-order valence-electron chi connectivity index (χ1n) is 4.96. The Morgan fingerprint density at radius 3 is 2.53 bits per heavy atom. The second-order valence-corrected chi connectivity index (χ2v) is 3.62. The van der Waals surface area contributed by atoms with Crippen LogP contribution in [0.2, 0.25) is 0 Å². The topological polar surface area (TPSA) is 63.4 Å². The van der Waals surface area contributed by atoms with Crippen LogP contribution in [0.4, 0.5) is 0 Å². The van der Waals surface area contributed by atoms with E-state index in [4.69, 9.17) is 0 Å². The minimum absolute atomic E-state index is 0.423. The van der Waals surface area contributed by atoms with Crippen LogP contribution in [0.25, 0.3) is 0 Å². The molecule has 0 aliphatic heterocycles. The van der Waals surface area contributed by atoms with E-state index in [-0.39, 0.29) is 0 Å². The molecule has 0 heterocycles. The van der Waals surface area contributed by atoms with Gasteiger partial charge in [-0.1, -0.05) is 30.3 Å². The molecule has 1 aromatic carbocycles. The first-order chi connectivity index (χ1) is 7.11. The van der Waals surface area contributed by atoms with Gasteiger partial charge in [-0.25, -0.2) is 0 Å². The predicted octanol–water partition coefficient (Wildman–Crippen LogP) is 1.65. The Balaban J connectivity index is 2.41. The van der Waals surface area contributed by atoms with Crippen LogP contribution in [0.3, 0.4) is 0 Å². The highest BCUT2D eigenvalue weighted by Crippen LogP contribution is 2.08. The number of rotatable bonds is 5. The zero-order valence-corrected chi connectivity index (χ0v) is 8.67. The first-order valence-corrected chi connectivity index (χ1v) is 4.96. The number of benzene rings is 1. The summed E-state index contributed by atoms with van der Waals surface area (Å²) >= 11 is 0. The number of nitrogens with zero attached hydrogens (tertiary/aromatic N) is 1. The molecule has 0 saturated heterocycles. The fourth-order valence-corrected chi connectivity index (χ4v) is 1.34. The van der Waals surface area contributed by atoms with E-state index in [2.05, 4.69) is 0 Å². The van der Waals surface area contributed by atoms with Crippen LogP contribution in [0.1, 0.15) is 18.9 Å². The van der Waals surface area contributed by atoms with E-state index in [0.29, 0.717) is 12.8 Å². The van der Waals surface area contributed by atoms with E-state index in [1.807, 2.05) is 30.3 Å². The fraction of sp³-hybridized carbons (Fsp3) is 0.455. The summed E-state index contributed by atoms with van der Waals surface area (Å²) in [4.78, 5) is 9.95. The van der Waals surface area contributed by atoms with Crippen molar-refractivity contribution in [2.45, 2.75) is 31.9 Å². The average molecular weight is 209 g/mol. The second-order valence-electron chi connectivity index (χ2n) is 3.62. The van der Waals surface area contributed by atoms with E-state index in [1.54, 1.807) is 0 Å². The molecule has 4 nitrogen and oxygen atoms in total. The summed E-state index contributed by atoms with van der Waals surface area (Å²) in [5.74, 6) is 0. The average Bonchev–Trinajstić information content (AvgIpc) is 2.26. The van der Waals surface area contributed by atoms with Crippen LogP contribution in [-0.4, -0.2) is 22.2 Å². The molecule has 0 aliphatic carbocycles. The third-order valence-corrected chi connectivity index (χ3v) is 2.46. The van der Waals surface area contributed by atoms with Crippen LogP contribution in [0.15, 0.2) is 30.3 Å². The standard InChI is InChI=1S/C11H15NO3/c1-9(12(14)15)11(13)8-7-10-5-3-2-4-6-10/h2-6,9,11,13H,7-8H2,1H3/t9-,11-/m0/s1. The van der Waals surface area contributed by atoms with E-state index < -0.39 is 17.1 Å². The van der Waals surface area contributed by atoms with Crippen molar-refractivity contribution in [2.75, 3.05) is 0 Å². The molecule has 4 heteroatoms. The maximum atomic E-state index is 10.4. The molecule has 1 rings (SSSR count).